The van der Waals surface area contributed by atoms with Crippen LogP contribution in [0.2, 0.25) is 5.02 Å². The first kappa shape index (κ1) is 13.4. The van der Waals surface area contributed by atoms with Crippen molar-refractivity contribution in [2.75, 3.05) is 5.32 Å². The van der Waals surface area contributed by atoms with Gasteiger partial charge in [-0.25, -0.2) is 0 Å². The molecule has 0 fully saturated rings. The number of rotatable bonds is 2. The average molecular weight is 267 g/mol. The summed E-state index contributed by atoms with van der Waals surface area (Å²) in [6, 6.07) is 1.98. The van der Waals surface area contributed by atoms with E-state index in [1.54, 1.807) is 0 Å². The zero-order chi connectivity index (χ0) is 13.4. The maximum absolute atomic E-state index is 11.4. The lowest BCUT2D eigenvalue weighted by Gasteiger charge is -2.25. The predicted octanol–water partition coefficient (Wildman–Crippen LogP) is 3.19. The maximum Gasteiger partial charge on any atom is 0.224 e. The summed E-state index contributed by atoms with van der Waals surface area (Å²) in [4.78, 5) is 11.4. The fourth-order valence-electron chi connectivity index (χ4n) is 2.31. The Labute approximate surface area is 113 Å². The number of halogens is 1. The number of amides is 1. The highest BCUT2D eigenvalue weighted by atomic mass is 35.5. The molecule has 1 unspecified atom stereocenters. The van der Waals surface area contributed by atoms with E-state index in [2.05, 4.69) is 25.2 Å². The molecule has 98 valence electrons. The Morgan fingerprint density at radius 3 is 2.67 bits per heavy atom. The molecule has 1 aromatic rings. The minimum absolute atomic E-state index is 0.0579. The number of anilines is 1. The van der Waals surface area contributed by atoms with Gasteiger partial charge in [0.25, 0.3) is 0 Å². The Balaban J connectivity index is 2.53. The standard InChI is InChI=1S/C14H19ClN2O/c1-7(2)13(16)10-6-9-4-5-11(18)17-14(9)8(3)12(10)15/h6-7,13H,4-5,16H2,1-3H3,(H,17,18). The van der Waals surface area contributed by atoms with Gasteiger partial charge in [0, 0.05) is 18.2 Å². The molecule has 1 aliphatic heterocycles. The fraction of sp³-hybridized carbons (Fsp3) is 0.500. The third kappa shape index (κ3) is 2.25. The molecule has 4 heteroatoms. The van der Waals surface area contributed by atoms with Crippen molar-refractivity contribution in [3.05, 3.63) is 27.8 Å². The van der Waals surface area contributed by atoms with Crippen molar-refractivity contribution < 1.29 is 4.79 Å². The highest BCUT2D eigenvalue weighted by Gasteiger charge is 2.23. The van der Waals surface area contributed by atoms with E-state index in [4.69, 9.17) is 17.3 Å². The van der Waals surface area contributed by atoms with Gasteiger partial charge in [0.05, 0.1) is 5.02 Å². The topological polar surface area (TPSA) is 55.1 Å². The molecule has 3 N–H and O–H groups in total. The van der Waals surface area contributed by atoms with Gasteiger partial charge in [-0.15, -0.1) is 0 Å². The summed E-state index contributed by atoms with van der Waals surface area (Å²) in [5, 5.41) is 3.58. The second kappa shape index (κ2) is 4.90. The van der Waals surface area contributed by atoms with Crippen LogP contribution >= 0.6 is 11.6 Å². The number of hydrogen-bond donors (Lipinski definition) is 2. The number of fused-ring (bicyclic) bond motifs is 1. The monoisotopic (exact) mass is 266 g/mol. The van der Waals surface area contributed by atoms with Crippen molar-refractivity contribution in [3.8, 4) is 0 Å². The van der Waals surface area contributed by atoms with Crippen LogP contribution in [0.3, 0.4) is 0 Å². The first-order valence-corrected chi connectivity index (χ1v) is 6.67. The molecule has 0 saturated carbocycles. The lowest BCUT2D eigenvalue weighted by Crippen LogP contribution is -2.23. The number of carbonyl (C=O) groups excluding carboxylic acids is 1. The number of nitrogens with two attached hydrogens (primary N) is 1. The summed E-state index contributed by atoms with van der Waals surface area (Å²) < 4.78 is 0. The van der Waals surface area contributed by atoms with Crippen molar-refractivity contribution >= 4 is 23.2 Å². The average Bonchev–Trinajstić information content (AvgIpc) is 2.33. The van der Waals surface area contributed by atoms with Gasteiger partial charge in [0.15, 0.2) is 0 Å². The first-order chi connectivity index (χ1) is 8.41. The number of carbonyl (C=O) groups is 1. The lowest BCUT2D eigenvalue weighted by molar-refractivity contribution is -0.116. The van der Waals surface area contributed by atoms with E-state index in [0.29, 0.717) is 17.4 Å². The number of aryl methyl sites for hydroxylation is 1. The van der Waals surface area contributed by atoms with Crippen molar-refractivity contribution in [2.24, 2.45) is 11.7 Å². The van der Waals surface area contributed by atoms with Gasteiger partial charge in [0.1, 0.15) is 0 Å². The molecule has 0 bridgehead atoms. The predicted molar refractivity (Wildman–Crippen MR) is 74.9 cm³/mol. The Morgan fingerprint density at radius 2 is 2.06 bits per heavy atom. The largest absolute Gasteiger partial charge is 0.326 e. The number of nitrogens with one attached hydrogen (secondary N) is 1. The van der Waals surface area contributed by atoms with Gasteiger partial charge in [-0.3, -0.25) is 4.79 Å². The van der Waals surface area contributed by atoms with Crippen LogP contribution in [-0.4, -0.2) is 5.91 Å². The molecule has 1 aromatic carbocycles. The van der Waals surface area contributed by atoms with Gasteiger partial charge in [-0.2, -0.15) is 0 Å². The van der Waals surface area contributed by atoms with Gasteiger partial charge in [0.2, 0.25) is 5.91 Å². The summed E-state index contributed by atoms with van der Waals surface area (Å²) in [7, 11) is 0. The Morgan fingerprint density at radius 1 is 1.39 bits per heavy atom. The summed E-state index contributed by atoms with van der Waals surface area (Å²) in [6.07, 6.45) is 1.29. The summed E-state index contributed by atoms with van der Waals surface area (Å²) >= 11 is 6.39. The molecule has 0 aliphatic carbocycles. The summed E-state index contributed by atoms with van der Waals surface area (Å²) in [6.45, 7) is 6.10. The summed E-state index contributed by atoms with van der Waals surface area (Å²) in [5.41, 5.74) is 10.1. The van der Waals surface area contributed by atoms with Crippen LogP contribution in [0.4, 0.5) is 5.69 Å². The minimum Gasteiger partial charge on any atom is -0.326 e. The molecule has 1 amide bonds. The molecular weight excluding hydrogens is 248 g/mol. The Kier molecular flexibility index (Phi) is 3.64. The molecule has 1 heterocycles. The molecule has 3 nitrogen and oxygen atoms in total. The third-order valence-electron chi connectivity index (χ3n) is 3.57. The highest BCUT2D eigenvalue weighted by molar-refractivity contribution is 6.32. The van der Waals surface area contributed by atoms with Crippen LogP contribution in [0.25, 0.3) is 0 Å². The van der Waals surface area contributed by atoms with Crippen LogP contribution in [-0.2, 0) is 11.2 Å². The van der Waals surface area contributed by atoms with E-state index >= 15 is 0 Å². The van der Waals surface area contributed by atoms with Crippen LogP contribution in [0.5, 0.6) is 0 Å². The molecule has 0 aromatic heterocycles. The SMILES string of the molecule is Cc1c(Cl)c(C(N)C(C)C)cc2c1NC(=O)CC2. The highest BCUT2D eigenvalue weighted by Crippen LogP contribution is 2.37. The normalized spacial score (nSPS) is 16.4. The smallest absolute Gasteiger partial charge is 0.224 e. The van der Waals surface area contributed by atoms with Crippen molar-refractivity contribution in [2.45, 2.75) is 39.7 Å². The van der Waals surface area contributed by atoms with Crippen LogP contribution in [0, 0.1) is 12.8 Å². The quantitative estimate of drug-likeness (QED) is 0.864. The van der Waals surface area contributed by atoms with E-state index < -0.39 is 0 Å². The second-order valence-electron chi connectivity index (χ2n) is 5.26. The molecular formula is C14H19ClN2O. The van der Waals surface area contributed by atoms with Crippen LogP contribution < -0.4 is 11.1 Å². The minimum atomic E-state index is -0.0703. The van der Waals surface area contributed by atoms with E-state index in [1.807, 2.05) is 6.92 Å². The number of hydrogen-bond acceptors (Lipinski definition) is 2. The maximum atomic E-state index is 11.4. The molecule has 1 aliphatic rings. The van der Waals surface area contributed by atoms with Crippen LogP contribution in [0.1, 0.15) is 43.0 Å². The van der Waals surface area contributed by atoms with Crippen molar-refractivity contribution in [1.29, 1.82) is 0 Å². The Hall–Kier alpha value is -1.06. The van der Waals surface area contributed by atoms with Gasteiger partial charge in [-0.1, -0.05) is 31.5 Å². The zero-order valence-corrected chi connectivity index (χ0v) is 11.8. The number of benzene rings is 1. The van der Waals surface area contributed by atoms with E-state index in [1.165, 1.54) is 0 Å². The molecule has 2 rings (SSSR count). The molecule has 0 saturated heterocycles. The van der Waals surface area contributed by atoms with Gasteiger partial charge < -0.3 is 11.1 Å². The van der Waals surface area contributed by atoms with Crippen LogP contribution in [0.15, 0.2) is 6.07 Å². The van der Waals surface area contributed by atoms with Gasteiger partial charge in [-0.05, 0) is 36.0 Å². The molecule has 18 heavy (non-hydrogen) atoms. The second-order valence-corrected chi connectivity index (χ2v) is 5.63. The molecule has 0 spiro atoms. The van der Waals surface area contributed by atoms with E-state index in [0.717, 1.165) is 28.8 Å². The molecule has 0 radical (unpaired) electrons. The molecule has 1 atom stereocenters. The zero-order valence-electron chi connectivity index (χ0n) is 11.0. The third-order valence-corrected chi connectivity index (χ3v) is 4.07. The van der Waals surface area contributed by atoms with Crippen molar-refractivity contribution in [3.63, 3.8) is 0 Å². The lowest BCUT2D eigenvalue weighted by atomic mass is 9.90. The van der Waals surface area contributed by atoms with E-state index in [9.17, 15) is 4.79 Å². The first-order valence-electron chi connectivity index (χ1n) is 6.29. The fourth-order valence-corrected chi connectivity index (χ4v) is 2.59. The van der Waals surface area contributed by atoms with Crippen molar-refractivity contribution in [1.82, 2.24) is 0 Å². The Bertz CT molecular complexity index is 497. The summed E-state index contributed by atoms with van der Waals surface area (Å²) in [5.74, 6) is 0.390. The van der Waals surface area contributed by atoms with E-state index in [-0.39, 0.29) is 11.9 Å². The van der Waals surface area contributed by atoms with Gasteiger partial charge >= 0.3 is 0 Å².